The third-order valence-corrected chi connectivity index (χ3v) is 6.99. The van der Waals surface area contributed by atoms with Gasteiger partial charge in [0.15, 0.2) is 0 Å². The molecule has 1 aromatic heterocycles. The van der Waals surface area contributed by atoms with E-state index in [1.54, 1.807) is 11.3 Å². The zero-order valence-corrected chi connectivity index (χ0v) is 18.0. The van der Waals surface area contributed by atoms with E-state index in [0.29, 0.717) is 5.56 Å². The molecular formula is C16H15I2N3O2S. The second-order valence-electron chi connectivity index (χ2n) is 6.07. The smallest absolute Gasteiger partial charge is 0.256 e. The zero-order chi connectivity index (χ0) is 17.0. The first-order valence-corrected chi connectivity index (χ1v) is 10.5. The molecule has 0 unspecified atom stereocenters. The Morgan fingerprint density at radius 3 is 2.92 bits per heavy atom. The molecule has 1 atom stereocenters. The van der Waals surface area contributed by atoms with Crippen LogP contribution in [0.3, 0.4) is 0 Å². The van der Waals surface area contributed by atoms with Crippen molar-refractivity contribution in [2.75, 3.05) is 18.9 Å². The van der Waals surface area contributed by atoms with Crippen molar-refractivity contribution in [3.05, 3.63) is 40.8 Å². The highest BCUT2D eigenvalue weighted by Gasteiger charge is 2.33. The van der Waals surface area contributed by atoms with Crippen molar-refractivity contribution in [2.45, 2.75) is 19.1 Å². The molecule has 5 nitrogen and oxygen atoms in total. The van der Waals surface area contributed by atoms with E-state index in [2.05, 4.69) is 67.8 Å². The molecule has 3 heterocycles. The second kappa shape index (κ2) is 6.29. The van der Waals surface area contributed by atoms with Crippen LogP contribution in [0.1, 0.15) is 32.5 Å². The minimum atomic E-state index is -0.411. The number of nitrogens with zero attached hydrogens (tertiary/aromatic N) is 1. The zero-order valence-electron chi connectivity index (χ0n) is 12.8. The number of carbonyl (C=O) groups is 1. The van der Waals surface area contributed by atoms with Crippen LogP contribution >= 0.6 is 56.5 Å². The van der Waals surface area contributed by atoms with Gasteiger partial charge in [-0.05, 0) is 76.3 Å². The average molecular weight is 567 g/mol. The quantitative estimate of drug-likeness (QED) is 0.462. The fourth-order valence-electron chi connectivity index (χ4n) is 3.20. The van der Waals surface area contributed by atoms with Crippen LogP contribution in [-0.4, -0.2) is 29.5 Å². The molecule has 1 amide bonds. The normalized spacial score (nSPS) is 20.1. The number of fused-ring (bicyclic) bond motifs is 3. The molecular weight excluding hydrogens is 552 g/mol. The number of anilines is 1. The Kier molecular flexibility index (Phi) is 4.42. The predicted octanol–water partition coefficient (Wildman–Crippen LogP) is 3.50. The molecule has 0 bridgehead atoms. The monoisotopic (exact) mass is 567 g/mol. The number of thiophene rings is 1. The number of rotatable bonds is 1. The molecule has 3 N–H and O–H groups in total. The Bertz CT molecular complexity index is 852. The Balaban J connectivity index is 1.74. The molecule has 0 fully saturated rings. The largest absolute Gasteiger partial charge is 0.506 e. The van der Waals surface area contributed by atoms with Crippen LogP contribution in [0.2, 0.25) is 0 Å². The highest BCUT2D eigenvalue weighted by molar-refractivity contribution is 14.1. The van der Waals surface area contributed by atoms with E-state index >= 15 is 0 Å². The molecule has 2 aromatic rings. The van der Waals surface area contributed by atoms with Gasteiger partial charge in [-0.3, -0.25) is 4.79 Å². The fraction of sp³-hybridized carbons (Fsp3) is 0.312. The van der Waals surface area contributed by atoms with Crippen molar-refractivity contribution in [2.24, 2.45) is 0 Å². The predicted molar refractivity (Wildman–Crippen MR) is 112 cm³/mol. The van der Waals surface area contributed by atoms with Gasteiger partial charge >= 0.3 is 0 Å². The van der Waals surface area contributed by atoms with Gasteiger partial charge in [0.1, 0.15) is 16.9 Å². The average Bonchev–Trinajstić information content (AvgIpc) is 2.88. The maximum Gasteiger partial charge on any atom is 0.256 e. The lowest BCUT2D eigenvalue weighted by molar-refractivity contribution is 0.0934. The number of nitrogens with one attached hydrogen (secondary N) is 2. The Labute approximate surface area is 171 Å². The summed E-state index contributed by atoms with van der Waals surface area (Å²) < 4.78 is 1.81. The van der Waals surface area contributed by atoms with Crippen molar-refractivity contribution < 1.29 is 9.90 Å². The number of likely N-dealkylation sites (N-methyl/N-ethyl adjacent to an activating group) is 1. The number of amides is 1. The third-order valence-electron chi connectivity index (χ3n) is 4.39. The lowest BCUT2D eigenvalue weighted by atomic mass is 10.0. The molecule has 0 saturated heterocycles. The third kappa shape index (κ3) is 2.80. The number of phenols is 1. The molecule has 126 valence electrons. The first-order valence-electron chi connectivity index (χ1n) is 7.52. The first-order chi connectivity index (χ1) is 11.4. The molecule has 0 spiro atoms. The van der Waals surface area contributed by atoms with Gasteiger partial charge in [0, 0.05) is 27.1 Å². The van der Waals surface area contributed by atoms with Gasteiger partial charge in [-0.25, -0.2) is 0 Å². The summed E-state index contributed by atoms with van der Waals surface area (Å²) in [6, 6.07) is 3.82. The van der Waals surface area contributed by atoms with Crippen LogP contribution in [0, 0.1) is 7.14 Å². The highest BCUT2D eigenvalue weighted by Crippen LogP contribution is 2.42. The van der Waals surface area contributed by atoms with Gasteiger partial charge in [-0.1, -0.05) is 0 Å². The standard InChI is InChI=1S/C16H15I2N3O2S/c1-21-3-2-8-11(6-21)24-16-12(8)15(23)19-14(20-16)9-4-7(17)5-10(18)13(9)22/h4-5,14,20,22H,2-3,6H2,1H3,(H,19,23)/t14-/m1/s1. The summed E-state index contributed by atoms with van der Waals surface area (Å²) >= 11 is 5.99. The van der Waals surface area contributed by atoms with E-state index in [-0.39, 0.29) is 11.7 Å². The van der Waals surface area contributed by atoms with Gasteiger partial charge in [-0.15, -0.1) is 11.3 Å². The minimum Gasteiger partial charge on any atom is -0.506 e. The minimum absolute atomic E-state index is 0.0518. The van der Waals surface area contributed by atoms with Gasteiger partial charge in [0.05, 0.1) is 9.13 Å². The summed E-state index contributed by atoms with van der Waals surface area (Å²) in [5.41, 5.74) is 2.67. The number of carbonyl (C=O) groups excluding carboxylic acids is 1. The number of hydrogen-bond donors (Lipinski definition) is 3. The maximum absolute atomic E-state index is 12.7. The topological polar surface area (TPSA) is 64.6 Å². The summed E-state index contributed by atoms with van der Waals surface area (Å²) in [4.78, 5) is 16.3. The van der Waals surface area contributed by atoms with E-state index in [9.17, 15) is 9.90 Å². The van der Waals surface area contributed by atoms with Crippen molar-refractivity contribution in [3.8, 4) is 5.75 Å². The van der Waals surface area contributed by atoms with Crippen molar-refractivity contribution in [1.82, 2.24) is 10.2 Å². The molecule has 0 radical (unpaired) electrons. The van der Waals surface area contributed by atoms with Crippen molar-refractivity contribution in [3.63, 3.8) is 0 Å². The van der Waals surface area contributed by atoms with Gasteiger partial charge < -0.3 is 20.6 Å². The van der Waals surface area contributed by atoms with Crippen molar-refractivity contribution in [1.29, 1.82) is 0 Å². The number of phenolic OH excluding ortho intramolecular Hbond substituents is 1. The van der Waals surface area contributed by atoms with Crippen LogP contribution in [0.15, 0.2) is 12.1 Å². The molecule has 2 aliphatic heterocycles. The van der Waals surface area contributed by atoms with E-state index in [1.807, 2.05) is 12.1 Å². The van der Waals surface area contributed by atoms with E-state index in [4.69, 9.17) is 0 Å². The summed E-state index contributed by atoms with van der Waals surface area (Å²) in [5, 5.41) is 17.7. The second-order valence-corrected chi connectivity index (χ2v) is 9.58. The molecule has 1 aromatic carbocycles. The maximum atomic E-state index is 12.7. The fourth-order valence-corrected chi connectivity index (χ4v) is 6.45. The Hall–Kier alpha value is -0.590. The van der Waals surface area contributed by atoms with Crippen LogP contribution in [0.5, 0.6) is 5.75 Å². The number of halogens is 2. The lowest BCUT2D eigenvalue weighted by Gasteiger charge is -2.28. The van der Waals surface area contributed by atoms with Gasteiger partial charge in [0.25, 0.3) is 5.91 Å². The first kappa shape index (κ1) is 16.9. The highest BCUT2D eigenvalue weighted by atomic mass is 127. The van der Waals surface area contributed by atoms with Crippen LogP contribution in [0.4, 0.5) is 5.00 Å². The Morgan fingerprint density at radius 2 is 2.12 bits per heavy atom. The summed E-state index contributed by atoms with van der Waals surface area (Å²) in [7, 11) is 2.10. The molecule has 0 saturated carbocycles. The Morgan fingerprint density at radius 1 is 1.33 bits per heavy atom. The molecule has 2 aliphatic rings. The van der Waals surface area contributed by atoms with E-state index in [0.717, 1.165) is 37.2 Å². The van der Waals surface area contributed by atoms with E-state index in [1.165, 1.54) is 10.4 Å². The lowest BCUT2D eigenvalue weighted by Crippen LogP contribution is -2.38. The van der Waals surface area contributed by atoms with Crippen LogP contribution in [-0.2, 0) is 13.0 Å². The SMILES string of the molecule is CN1CCc2c(sc3c2C(=O)N[C@@H](c2cc(I)cc(I)c2O)N3)C1. The number of hydrogen-bond acceptors (Lipinski definition) is 5. The van der Waals surface area contributed by atoms with Crippen LogP contribution in [0.25, 0.3) is 0 Å². The summed E-state index contributed by atoms with van der Waals surface area (Å²) in [5.74, 6) is 0.169. The number of aromatic hydroxyl groups is 1. The molecule has 0 aliphatic carbocycles. The van der Waals surface area contributed by atoms with Crippen LogP contribution < -0.4 is 10.6 Å². The van der Waals surface area contributed by atoms with Gasteiger partial charge in [-0.2, -0.15) is 0 Å². The molecule has 24 heavy (non-hydrogen) atoms. The van der Waals surface area contributed by atoms with Crippen molar-refractivity contribution >= 4 is 67.4 Å². The number of benzene rings is 1. The van der Waals surface area contributed by atoms with E-state index < -0.39 is 6.17 Å². The molecule has 4 rings (SSSR count). The summed E-state index contributed by atoms with van der Waals surface area (Å²) in [6.45, 7) is 1.86. The molecule has 8 heteroatoms. The summed E-state index contributed by atoms with van der Waals surface area (Å²) in [6.07, 6.45) is 0.496. The van der Waals surface area contributed by atoms with Gasteiger partial charge in [0.2, 0.25) is 0 Å².